The van der Waals surface area contributed by atoms with Crippen LogP contribution in [-0.4, -0.2) is 12.6 Å². The molecule has 2 nitrogen and oxygen atoms in total. The summed E-state index contributed by atoms with van der Waals surface area (Å²) in [6.07, 6.45) is 6.90. The van der Waals surface area contributed by atoms with E-state index in [1.165, 1.54) is 0 Å². The first-order chi connectivity index (χ1) is 5.83. The maximum Gasteiger partial charge on any atom is 0.306 e. The normalized spacial score (nSPS) is 13.2. The summed E-state index contributed by atoms with van der Waals surface area (Å²) in [7, 11) is 0. The first-order valence-electron chi connectivity index (χ1n) is 4.11. The predicted octanol–water partition coefficient (Wildman–Crippen LogP) is 1.98. The monoisotopic (exact) mass is 164 g/mol. The lowest BCUT2D eigenvalue weighted by Crippen LogP contribution is -2.03. The van der Waals surface area contributed by atoms with Crippen LogP contribution in [0.25, 0.3) is 0 Å². The SMILES string of the molecule is CCOC(=O)CCC1=C=CC=C1. The molecule has 0 saturated heterocycles. The summed E-state index contributed by atoms with van der Waals surface area (Å²) >= 11 is 0. The number of carbonyl (C=O) groups is 1. The fourth-order valence-corrected chi connectivity index (χ4v) is 0.993. The van der Waals surface area contributed by atoms with E-state index in [2.05, 4.69) is 5.73 Å². The highest BCUT2D eigenvalue weighted by atomic mass is 16.5. The van der Waals surface area contributed by atoms with E-state index in [0.717, 1.165) is 12.0 Å². The molecule has 0 aromatic rings. The third-order valence-electron chi connectivity index (χ3n) is 1.57. The number of esters is 1. The highest BCUT2D eigenvalue weighted by Crippen LogP contribution is 2.09. The second kappa shape index (κ2) is 4.58. The molecule has 0 saturated carbocycles. The molecule has 0 N–H and O–H groups in total. The average molecular weight is 164 g/mol. The summed E-state index contributed by atoms with van der Waals surface area (Å²) < 4.78 is 4.79. The number of ether oxygens (including phenoxy) is 1. The lowest BCUT2D eigenvalue weighted by atomic mass is 10.2. The van der Waals surface area contributed by atoms with Gasteiger partial charge in [-0.2, -0.15) is 0 Å². The van der Waals surface area contributed by atoms with Gasteiger partial charge in [0.2, 0.25) is 0 Å². The molecule has 0 amide bonds. The van der Waals surface area contributed by atoms with Crippen LogP contribution in [0, 0.1) is 0 Å². The fourth-order valence-electron chi connectivity index (χ4n) is 0.993. The van der Waals surface area contributed by atoms with E-state index < -0.39 is 0 Å². The Balaban J connectivity index is 2.22. The zero-order valence-electron chi connectivity index (χ0n) is 7.17. The van der Waals surface area contributed by atoms with Crippen molar-refractivity contribution in [1.29, 1.82) is 0 Å². The average Bonchev–Trinajstić information content (AvgIpc) is 2.53. The van der Waals surface area contributed by atoms with E-state index in [9.17, 15) is 4.79 Å². The second-order valence-corrected chi connectivity index (χ2v) is 2.50. The summed E-state index contributed by atoms with van der Waals surface area (Å²) in [6.45, 7) is 2.27. The Morgan fingerprint density at radius 3 is 3.08 bits per heavy atom. The smallest absolute Gasteiger partial charge is 0.306 e. The topological polar surface area (TPSA) is 26.3 Å². The third kappa shape index (κ3) is 2.77. The van der Waals surface area contributed by atoms with Crippen molar-refractivity contribution in [2.24, 2.45) is 0 Å². The van der Waals surface area contributed by atoms with Gasteiger partial charge < -0.3 is 4.74 Å². The molecule has 2 heteroatoms. The van der Waals surface area contributed by atoms with Gasteiger partial charge in [-0.1, -0.05) is 12.2 Å². The Bertz CT molecular complexity index is 255. The van der Waals surface area contributed by atoms with E-state index >= 15 is 0 Å². The third-order valence-corrected chi connectivity index (χ3v) is 1.57. The number of carbonyl (C=O) groups excluding carboxylic acids is 1. The minimum atomic E-state index is -0.132. The maximum atomic E-state index is 10.9. The maximum absolute atomic E-state index is 10.9. The molecule has 0 spiro atoms. The van der Waals surface area contributed by atoms with Crippen molar-refractivity contribution in [3.8, 4) is 0 Å². The molecule has 0 atom stereocenters. The number of hydrogen-bond donors (Lipinski definition) is 0. The quantitative estimate of drug-likeness (QED) is 0.469. The zero-order valence-corrected chi connectivity index (χ0v) is 7.17. The molecular weight excluding hydrogens is 152 g/mol. The zero-order chi connectivity index (χ0) is 8.81. The van der Waals surface area contributed by atoms with Crippen molar-refractivity contribution >= 4 is 5.97 Å². The van der Waals surface area contributed by atoms with Crippen LogP contribution < -0.4 is 0 Å². The summed E-state index contributed by atoms with van der Waals surface area (Å²) in [5.41, 5.74) is 4.10. The molecule has 0 aromatic carbocycles. The van der Waals surface area contributed by atoms with Crippen molar-refractivity contribution in [3.63, 3.8) is 0 Å². The molecule has 1 aliphatic rings. The van der Waals surface area contributed by atoms with Crippen molar-refractivity contribution in [2.75, 3.05) is 6.61 Å². The van der Waals surface area contributed by atoms with E-state index in [4.69, 9.17) is 4.74 Å². The van der Waals surface area contributed by atoms with Crippen LogP contribution in [-0.2, 0) is 9.53 Å². The Morgan fingerprint density at radius 2 is 2.50 bits per heavy atom. The van der Waals surface area contributed by atoms with Gasteiger partial charge in [0.1, 0.15) is 0 Å². The lowest BCUT2D eigenvalue weighted by Gasteiger charge is -1.99. The lowest BCUT2D eigenvalue weighted by molar-refractivity contribution is -0.143. The highest BCUT2D eigenvalue weighted by Gasteiger charge is 2.02. The van der Waals surface area contributed by atoms with Crippen LogP contribution in [0.15, 0.2) is 29.5 Å². The Morgan fingerprint density at radius 1 is 1.67 bits per heavy atom. The molecule has 0 unspecified atom stereocenters. The standard InChI is InChI=1S/C10H12O2/c1-2-12-10(11)8-7-9-5-3-4-6-9/h3-5H,2,7-8H2,1H3. The van der Waals surface area contributed by atoms with Crippen LogP contribution in [0.3, 0.4) is 0 Å². The van der Waals surface area contributed by atoms with Crippen LogP contribution in [0.4, 0.5) is 0 Å². The number of allylic oxidation sites excluding steroid dienone is 3. The van der Waals surface area contributed by atoms with Gasteiger partial charge >= 0.3 is 5.97 Å². The van der Waals surface area contributed by atoms with E-state index in [-0.39, 0.29) is 5.97 Å². The molecule has 1 aliphatic carbocycles. The Hall–Kier alpha value is -1.27. The molecule has 0 radical (unpaired) electrons. The molecule has 0 aromatic heterocycles. The van der Waals surface area contributed by atoms with Crippen molar-refractivity contribution in [2.45, 2.75) is 19.8 Å². The van der Waals surface area contributed by atoms with Crippen molar-refractivity contribution in [3.05, 3.63) is 29.5 Å². The van der Waals surface area contributed by atoms with E-state index in [1.807, 2.05) is 25.2 Å². The Labute approximate surface area is 72.2 Å². The van der Waals surface area contributed by atoms with Gasteiger partial charge in [-0.05, 0) is 25.0 Å². The molecule has 1 rings (SSSR count). The van der Waals surface area contributed by atoms with Gasteiger partial charge in [0.05, 0.1) is 13.0 Å². The van der Waals surface area contributed by atoms with Gasteiger partial charge in [-0.3, -0.25) is 4.79 Å². The summed E-state index contributed by atoms with van der Waals surface area (Å²) in [5, 5.41) is 0. The van der Waals surface area contributed by atoms with Gasteiger partial charge in [0.25, 0.3) is 0 Å². The second-order valence-electron chi connectivity index (χ2n) is 2.50. The molecule has 0 heterocycles. The minimum Gasteiger partial charge on any atom is -0.466 e. The summed E-state index contributed by atoms with van der Waals surface area (Å²) in [4.78, 5) is 10.9. The van der Waals surface area contributed by atoms with Crippen LogP contribution in [0.2, 0.25) is 0 Å². The fraction of sp³-hybridized carbons (Fsp3) is 0.400. The van der Waals surface area contributed by atoms with Gasteiger partial charge in [0.15, 0.2) is 0 Å². The predicted molar refractivity (Wildman–Crippen MR) is 46.6 cm³/mol. The highest BCUT2D eigenvalue weighted by molar-refractivity contribution is 5.69. The molecule has 0 aliphatic heterocycles. The summed E-state index contributed by atoms with van der Waals surface area (Å²) in [6, 6.07) is 0. The van der Waals surface area contributed by atoms with Crippen molar-refractivity contribution in [1.82, 2.24) is 0 Å². The molecular formula is C10H12O2. The summed E-state index contributed by atoms with van der Waals surface area (Å²) in [5.74, 6) is -0.132. The van der Waals surface area contributed by atoms with Gasteiger partial charge in [-0.15, -0.1) is 5.73 Å². The molecule has 64 valence electrons. The Kier molecular flexibility index (Phi) is 3.36. The number of hydrogen-bond acceptors (Lipinski definition) is 2. The van der Waals surface area contributed by atoms with Gasteiger partial charge in [-0.25, -0.2) is 0 Å². The molecule has 0 fully saturated rings. The van der Waals surface area contributed by atoms with Crippen LogP contribution in [0.5, 0.6) is 0 Å². The molecule has 12 heavy (non-hydrogen) atoms. The van der Waals surface area contributed by atoms with Crippen LogP contribution in [0.1, 0.15) is 19.8 Å². The minimum absolute atomic E-state index is 0.132. The van der Waals surface area contributed by atoms with Gasteiger partial charge in [0, 0.05) is 0 Å². The van der Waals surface area contributed by atoms with Crippen molar-refractivity contribution < 1.29 is 9.53 Å². The molecule has 0 bridgehead atoms. The first-order valence-corrected chi connectivity index (χ1v) is 4.11. The largest absolute Gasteiger partial charge is 0.466 e. The van der Waals surface area contributed by atoms with E-state index in [1.54, 1.807) is 0 Å². The first kappa shape index (κ1) is 8.82. The van der Waals surface area contributed by atoms with Crippen LogP contribution >= 0.6 is 0 Å². The number of rotatable bonds is 4. The van der Waals surface area contributed by atoms with E-state index in [0.29, 0.717) is 13.0 Å².